The summed E-state index contributed by atoms with van der Waals surface area (Å²) < 4.78 is 26.7. The number of hydrogen-bond donors (Lipinski definition) is 2. The zero-order chi connectivity index (χ0) is 10.7. The van der Waals surface area contributed by atoms with Crippen molar-refractivity contribution in [2.45, 2.75) is 0 Å². The van der Waals surface area contributed by atoms with Crippen molar-refractivity contribution in [2.24, 2.45) is 0 Å². The molecule has 0 spiro atoms. The monoisotopic (exact) mass is 241 g/mol. The minimum atomic E-state index is -2.70. The number of hydrogen-bond acceptors (Lipinski definition) is 5. The van der Waals surface area contributed by atoms with Crippen LogP contribution in [-0.4, -0.2) is 17.8 Å². The summed E-state index contributed by atoms with van der Waals surface area (Å²) in [6.07, 6.45) is 0. The summed E-state index contributed by atoms with van der Waals surface area (Å²) in [5, 5.41) is 0.690. The highest BCUT2D eigenvalue weighted by atomic mass is 32.2. The Labute approximate surface area is 92.1 Å². The molecule has 0 saturated carbocycles. The van der Waals surface area contributed by atoms with E-state index in [-0.39, 0.29) is 5.95 Å². The maximum Gasteiger partial charge on any atom is 0.248 e. The van der Waals surface area contributed by atoms with E-state index in [0.29, 0.717) is 5.01 Å². The minimum Gasteiger partial charge on any atom is -0.253 e. The van der Waals surface area contributed by atoms with Gasteiger partial charge < -0.3 is 0 Å². The van der Waals surface area contributed by atoms with E-state index in [2.05, 4.69) is 14.1 Å². The third kappa shape index (κ3) is 2.51. The molecule has 0 amide bonds. The van der Waals surface area contributed by atoms with Crippen LogP contribution in [0.3, 0.4) is 0 Å². The normalized spacial score (nSPS) is 10.5. The van der Waals surface area contributed by atoms with Gasteiger partial charge in [0.15, 0.2) is 0 Å². The quantitative estimate of drug-likeness (QED) is 0.790. The zero-order valence-electron chi connectivity index (χ0n) is 7.45. The van der Waals surface area contributed by atoms with Gasteiger partial charge in [0.25, 0.3) is 0 Å². The summed E-state index contributed by atoms with van der Waals surface area (Å²) in [6, 6.07) is 9.46. The van der Waals surface area contributed by atoms with E-state index in [1.165, 1.54) is 0 Å². The van der Waals surface area contributed by atoms with E-state index in [1.54, 1.807) is 0 Å². The van der Waals surface area contributed by atoms with Crippen LogP contribution in [0.4, 0.5) is 5.95 Å². The second-order valence-corrected chi connectivity index (χ2v) is 4.15. The Balaban J connectivity index is 2.28. The molecular weight excluding hydrogens is 234 g/mol. The number of benzene rings is 1. The smallest absolute Gasteiger partial charge is 0.248 e. The number of rotatable bonds is 3. The summed E-state index contributed by atoms with van der Waals surface area (Å²) in [6.45, 7) is 0. The summed E-state index contributed by atoms with van der Waals surface area (Å²) in [5.41, 5.74) is 0.921. The van der Waals surface area contributed by atoms with Crippen LogP contribution in [0.5, 0.6) is 0 Å². The molecule has 0 aliphatic rings. The lowest BCUT2D eigenvalue weighted by Gasteiger charge is -1.92. The Morgan fingerprint density at radius 1 is 1.20 bits per heavy atom. The first-order chi connectivity index (χ1) is 7.25. The van der Waals surface area contributed by atoms with Crippen molar-refractivity contribution in [3.05, 3.63) is 30.3 Å². The van der Waals surface area contributed by atoms with Gasteiger partial charge in [0.05, 0.1) is 0 Å². The largest absolute Gasteiger partial charge is 0.253 e. The lowest BCUT2D eigenvalue weighted by atomic mass is 10.2. The first kappa shape index (κ1) is 10.1. The molecule has 0 aliphatic heterocycles. The van der Waals surface area contributed by atoms with E-state index in [1.807, 2.05) is 30.3 Å². The highest BCUT2D eigenvalue weighted by Gasteiger charge is 2.05. The second kappa shape index (κ2) is 4.37. The molecule has 2 rings (SSSR count). The Morgan fingerprint density at radius 3 is 2.60 bits per heavy atom. The number of nitrogens with zero attached hydrogens (tertiary/aromatic N) is 2. The molecule has 1 aromatic heterocycles. The fourth-order valence-electron chi connectivity index (χ4n) is 1.05. The van der Waals surface area contributed by atoms with Gasteiger partial charge in [0.1, 0.15) is 5.01 Å². The fourth-order valence-corrected chi connectivity index (χ4v) is 2.01. The van der Waals surface area contributed by atoms with Crippen LogP contribution in [0.2, 0.25) is 0 Å². The van der Waals surface area contributed by atoms with E-state index >= 15 is 0 Å². The van der Waals surface area contributed by atoms with Crippen molar-refractivity contribution >= 4 is 28.4 Å². The summed E-state index contributed by atoms with van der Waals surface area (Å²) in [7, 11) is -2.70. The van der Waals surface area contributed by atoms with E-state index in [0.717, 1.165) is 17.1 Å². The molecule has 7 heteroatoms. The van der Waals surface area contributed by atoms with E-state index in [9.17, 15) is 8.42 Å². The Hall–Kier alpha value is -1.47. The summed E-state index contributed by atoms with van der Waals surface area (Å²) in [4.78, 5) is 4.03. The van der Waals surface area contributed by atoms with Gasteiger partial charge in [0.2, 0.25) is 16.8 Å². The molecule has 1 aromatic carbocycles. The average molecular weight is 241 g/mol. The molecule has 2 aromatic rings. The Bertz CT molecular complexity index is 514. The maximum atomic E-state index is 10.4. The summed E-state index contributed by atoms with van der Waals surface area (Å²) >= 11 is 1.15. The first-order valence-electron chi connectivity index (χ1n) is 4.06. The number of nitrogens with one attached hydrogen (secondary N) is 1. The summed E-state index contributed by atoms with van der Waals surface area (Å²) in [5.74, 6) is 0.120. The van der Waals surface area contributed by atoms with Gasteiger partial charge in [0, 0.05) is 5.56 Å². The van der Waals surface area contributed by atoms with Crippen LogP contribution in [0.25, 0.3) is 10.6 Å². The van der Waals surface area contributed by atoms with Crippen molar-refractivity contribution in [1.29, 1.82) is 0 Å². The molecule has 5 nitrogen and oxygen atoms in total. The number of thiol groups is 1. The van der Waals surface area contributed by atoms with Gasteiger partial charge in [-0.05, 0) is 11.5 Å². The predicted molar refractivity (Wildman–Crippen MR) is 59.3 cm³/mol. The molecular formula is C8H7N3O2S2. The number of aromatic nitrogens is 2. The zero-order valence-corrected chi connectivity index (χ0v) is 9.16. The van der Waals surface area contributed by atoms with Gasteiger partial charge in [-0.1, -0.05) is 30.3 Å². The van der Waals surface area contributed by atoms with Gasteiger partial charge in [-0.3, -0.25) is 4.72 Å². The molecule has 0 radical (unpaired) electrons. The van der Waals surface area contributed by atoms with Crippen molar-refractivity contribution in [3.63, 3.8) is 0 Å². The molecule has 0 unspecified atom stereocenters. The third-order valence-electron chi connectivity index (χ3n) is 1.64. The molecule has 0 bridgehead atoms. The van der Waals surface area contributed by atoms with Gasteiger partial charge in [-0.2, -0.15) is 9.36 Å². The minimum absolute atomic E-state index is 0.120. The topological polar surface area (TPSA) is 72.0 Å². The van der Waals surface area contributed by atoms with Gasteiger partial charge >= 0.3 is 0 Å². The Kier molecular flexibility index (Phi) is 2.93. The van der Waals surface area contributed by atoms with Crippen molar-refractivity contribution in [2.75, 3.05) is 4.72 Å². The molecule has 0 aliphatic carbocycles. The first-order valence-corrected chi connectivity index (χ1v) is 6.01. The SMILES string of the molecule is O=[SH](=O)Nc1nsc(-c2ccccc2)n1. The van der Waals surface area contributed by atoms with Crippen LogP contribution in [0.1, 0.15) is 0 Å². The molecule has 1 N–H and O–H groups in total. The fraction of sp³-hybridized carbons (Fsp3) is 0. The molecule has 0 atom stereocenters. The number of anilines is 1. The van der Waals surface area contributed by atoms with Crippen molar-refractivity contribution in [3.8, 4) is 10.6 Å². The second-order valence-electron chi connectivity index (χ2n) is 2.66. The lowest BCUT2D eigenvalue weighted by Crippen LogP contribution is -1.96. The molecule has 1 heterocycles. The maximum absolute atomic E-state index is 10.4. The van der Waals surface area contributed by atoms with Crippen LogP contribution < -0.4 is 4.72 Å². The lowest BCUT2D eigenvalue weighted by molar-refractivity contribution is 0.618. The Morgan fingerprint density at radius 2 is 1.93 bits per heavy atom. The van der Waals surface area contributed by atoms with Crippen LogP contribution in [-0.2, 0) is 10.9 Å². The molecule has 0 saturated heterocycles. The van der Waals surface area contributed by atoms with E-state index in [4.69, 9.17) is 0 Å². The standard InChI is InChI=1S/C8H7N3O2S2/c12-15(13)11-8-9-7(14-10-8)6-4-2-1-3-5-6/h1-5,15H,(H,10,11,12,13). The van der Waals surface area contributed by atoms with Crippen molar-refractivity contribution in [1.82, 2.24) is 9.36 Å². The van der Waals surface area contributed by atoms with Gasteiger partial charge in [-0.15, -0.1) is 0 Å². The molecule has 78 valence electrons. The van der Waals surface area contributed by atoms with Crippen LogP contribution in [0.15, 0.2) is 30.3 Å². The average Bonchev–Trinajstić information content (AvgIpc) is 2.67. The highest BCUT2D eigenvalue weighted by Crippen LogP contribution is 2.22. The molecule has 15 heavy (non-hydrogen) atoms. The molecule has 0 fully saturated rings. The van der Waals surface area contributed by atoms with Gasteiger partial charge in [-0.25, -0.2) is 8.42 Å². The van der Waals surface area contributed by atoms with Crippen LogP contribution >= 0.6 is 11.5 Å². The highest BCUT2D eigenvalue weighted by molar-refractivity contribution is 7.73. The van der Waals surface area contributed by atoms with Crippen LogP contribution in [0, 0.1) is 0 Å². The predicted octanol–water partition coefficient (Wildman–Crippen LogP) is 1.14. The third-order valence-corrected chi connectivity index (χ3v) is 2.78. The van der Waals surface area contributed by atoms with E-state index < -0.39 is 10.9 Å². The van der Waals surface area contributed by atoms with Crippen molar-refractivity contribution < 1.29 is 8.42 Å².